The predicted octanol–water partition coefficient (Wildman–Crippen LogP) is 0.437. The average Bonchev–Trinajstić information content (AvgIpc) is 1.90. The van der Waals surface area contributed by atoms with Gasteiger partial charge in [0, 0.05) is 17.8 Å². The molecule has 0 aliphatic rings. The van der Waals surface area contributed by atoms with Crippen LogP contribution in [0.2, 0.25) is 0 Å². The van der Waals surface area contributed by atoms with E-state index in [4.69, 9.17) is 11.8 Å². The Hall–Kier alpha value is -0.900. The topological polar surface area (TPSA) is 50.7 Å². The van der Waals surface area contributed by atoms with Gasteiger partial charge in [-0.05, 0) is 5.21 Å². The van der Waals surface area contributed by atoms with Gasteiger partial charge >= 0.3 is 0 Å². The Balaban J connectivity index is 2.83. The van der Waals surface area contributed by atoms with Crippen molar-refractivity contribution < 1.29 is 0 Å². The van der Waals surface area contributed by atoms with Gasteiger partial charge in [-0.25, -0.2) is 0 Å². The van der Waals surface area contributed by atoms with E-state index in [9.17, 15) is 0 Å². The first-order chi connectivity index (χ1) is 3.93. The molecule has 1 aromatic heterocycles. The van der Waals surface area contributed by atoms with Crippen LogP contribution in [0, 0.1) is 0 Å². The van der Waals surface area contributed by atoms with E-state index in [0.717, 1.165) is 0 Å². The highest BCUT2D eigenvalue weighted by Crippen LogP contribution is 1.95. The third-order valence-electron chi connectivity index (χ3n) is 0.600. The van der Waals surface area contributed by atoms with E-state index >= 15 is 0 Å². The van der Waals surface area contributed by atoms with Gasteiger partial charge in [0.15, 0.2) is 5.82 Å². The van der Waals surface area contributed by atoms with E-state index in [0.29, 0.717) is 5.82 Å². The third-order valence-corrected chi connectivity index (χ3v) is 0.794. The van der Waals surface area contributed by atoms with Crippen molar-refractivity contribution in [3.63, 3.8) is 0 Å². The summed E-state index contributed by atoms with van der Waals surface area (Å²) < 4.78 is 0. The van der Waals surface area contributed by atoms with Crippen molar-refractivity contribution in [2.45, 2.75) is 0 Å². The Labute approximate surface area is 51.0 Å². The highest BCUT2D eigenvalue weighted by atomic mass is 35.5. The van der Waals surface area contributed by atoms with Crippen LogP contribution in [0.5, 0.6) is 0 Å². The molecule has 0 radical (unpaired) electrons. The molecule has 5 heteroatoms. The fourth-order valence-electron chi connectivity index (χ4n) is 0.291. The minimum Gasteiger partial charge on any atom is -0.281 e. The molecular weight excluding hydrogens is 128 g/mol. The van der Waals surface area contributed by atoms with E-state index in [1.807, 2.05) is 0 Å². The predicted molar refractivity (Wildman–Crippen MR) is 29.3 cm³/mol. The zero-order valence-corrected chi connectivity index (χ0v) is 4.63. The number of rotatable bonds is 1. The number of hydrogen-bond donors (Lipinski definition) is 1. The van der Waals surface area contributed by atoms with Crippen LogP contribution in [0.25, 0.3) is 0 Å². The lowest BCUT2D eigenvalue weighted by molar-refractivity contribution is 0.873. The average molecular weight is 131 g/mol. The molecule has 42 valence electrons. The van der Waals surface area contributed by atoms with Gasteiger partial charge in [-0.2, -0.15) is 0 Å². The van der Waals surface area contributed by atoms with Crippen LogP contribution in [0.1, 0.15) is 0 Å². The van der Waals surface area contributed by atoms with Crippen molar-refractivity contribution in [1.82, 2.24) is 15.4 Å². The Morgan fingerprint density at radius 3 is 2.88 bits per heavy atom. The number of aromatic nitrogens is 3. The quantitative estimate of drug-likeness (QED) is 0.561. The number of hydrogen-bond acceptors (Lipinski definition) is 4. The maximum absolute atomic E-state index is 5.15. The Bertz CT molecular complexity index is 153. The van der Waals surface area contributed by atoms with Gasteiger partial charge in [-0.3, -0.25) is 4.84 Å². The fraction of sp³-hybridized carbons (Fsp3) is 0. The van der Waals surface area contributed by atoms with Crippen LogP contribution in [0.3, 0.4) is 0 Å². The van der Waals surface area contributed by atoms with E-state index < -0.39 is 0 Å². The smallest absolute Gasteiger partial charge is 0.166 e. The Kier molecular flexibility index (Phi) is 1.58. The highest BCUT2D eigenvalue weighted by molar-refractivity contribution is 6.23. The van der Waals surface area contributed by atoms with Crippen LogP contribution in [0.15, 0.2) is 12.3 Å². The second kappa shape index (κ2) is 2.42. The van der Waals surface area contributed by atoms with Crippen molar-refractivity contribution in [2.75, 3.05) is 4.84 Å². The van der Waals surface area contributed by atoms with Gasteiger partial charge < -0.3 is 0 Å². The zero-order valence-electron chi connectivity index (χ0n) is 3.87. The first-order valence-corrected chi connectivity index (χ1v) is 2.32. The largest absolute Gasteiger partial charge is 0.281 e. The van der Waals surface area contributed by atoms with Gasteiger partial charge in [0.25, 0.3) is 0 Å². The molecule has 0 bridgehead atoms. The van der Waals surface area contributed by atoms with Gasteiger partial charge in [0.05, 0.1) is 6.20 Å². The van der Waals surface area contributed by atoms with Crippen molar-refractivity contribution in [2.24, 2.45) is 0 Å². The molecule has 0 amide bonds. The lowest BCUT2D eigenvalue weighted by Crippen LogP contribution is -1.89. The maximum Gasteiger partial charge on any atom is 0.166 e. The van der Waals surface area contributed by atoms with Crippen molar-refractivity contribution in [3.8, 4) is 0 Å². The van der Waals surface area contributed by atoms with Crippen molar-refractivity contribution >= 4 is 17.6 Å². The summed E-state index contributed by atoms with van der Waals surface area (Å²) in [5, 5.41) is 10.2. The van der Waals surface area contributed by atoms with Gasteiger partial charge in [0.1, 0.15) is 0 Å². The number of nitrogens with one attached hydrogen (secondary N) is 1. The molecule has 0 aromatic carbocycles. The van der Waals surface area contributed by atoms with E-state index in [1.54, 1.807) is 6.07 Å². The normalized spacial score (nSPS) is 8.62. The van der Waals surface area contributed by atoms with E-state index in [-0.39, 0.29) is 0 Å². The van der Waals surface area contributed by atoms with Crippen LogP contribution in [-0.4, -0.2) is 15.4 Å². The molecule has 0 aliphatic carbocycles. The Morgan fingerprint density at radius 2 is 2.50 bits per heavy atom. The summed E-state index contributed by atoms with van der Waals surface area (Å²) in [6, 6.07) is 1.61. The standard InChI is InChI=1S/C3H3ClN4/c4-6-3-1-2-5-8-7-3/h1-2H,(H,5,6,7). The van der Waals surface area contributed by atoms with Crippen LogP contribution < -0.4 is 4.84 Å². The summed E-state index contributed by atoms with van der Waals surface area (Å²) in [5.74, 6) is 0.502. The molecule has 0 fully saturated rings. The second-order valence-corrected chi connectivity index (χ2v) is 1.29. The number of nitrogens with zero attached hydrogens (tertiary/aromatic N) is 3. The maximum atomic E-state index is 5.15. The number of halogens is 1. The summed E-state index contributed by atoms with van der Waals surface area (Å²) in [6.45, 7) is 0. The van der Waals surface area contributed by atoms with Gasteiger partial charge in [-0.15, -0.1) is 10.2 Å². The molecule has 0 saturated heterocycles. The summed E-state index contributed by atoms with van der Waals surface area (Å²) in [5.41, 5.74) is 0. The summed E-state index contributed by atoms with van der Waals surface area (Å²) in [4.78, 5) is 2.29. The minimum atomic E-state index is 0.502. The molecule has 4 nitrogen and oxygen atoms in total. The molecule has 0 spiro atoms. The first-order valence-electron chi connectivity index (χ1n) is 1.94. The zero-order chi connectivity index (χ0) is 5.82. The SMILES string of the molecule is ClNc1ccnnn1. The molecule has 0 saturated carbocycles. The molecule has 0 atom stereocenters. The van der Waals surface area contributed by atoms with E-state index in [2.05, 4.69) is 20.2 Å². The van der Waals surface area contributed by atoms with Crippen LogP contribution in [-0.2, 0) is 0 Å². The van der Waals surface area contributed by atoms with Crippen LogP contribution in [0.4, 0.5) is 5.82 Å². The van der Waals surface area contributed by atoms with E-state index in [1.165, 1.54) is 6.20 Å². The summed E-state index contributed by atoms with van der Waals surface area (Å²) in [7, 11) is 0. The lowest BCUT2D eigenvalue weighted by Gasteiger charge is -1.87. The van der Waals surface area contributed by atoms with Gasteiger partial charge in [0.2, 0.25) is 0 Å². The minimum absolute atomic E-state index is 0.502. The Morgan fingerprint density at radius 1 is 1.62 bits per heavy atom. The van der Waals surface area contributed by atoms with Crippen molar-refractivity contribution in [1.29, 1.82) is 0 Å². The summed E-state index contributed by atoms with van der Waals surface area (Å²) in [6.07, 6.45) is 1.50. The van der Waals surface area contributed by atoms with Crippen molar-refractivity contribution in [3.05, 3.63) is 12.3 Å². The lowest BCUT2D eigenvalue weighted by atomic mass is 10.6. The molecule has 8 heavy (non-hydrogen) atoms. The molecule has 1 rings (SSSR count). The molecule has 1 N–H and O–H groups in total. The molecule has 1 aromatic rings. The highest BCUT2D eigenvalue weighted by Gasteiger charge is 1.84. The monoisotopic (exact) mass is 130 g/mol. The molecule has 0 aliphatic heterocycles. The summed E-state index contributed by atoms with van der Waals surface area (Å²) >= 11 is 5.15. The van der Waals surface area contributed by atoms with Gasteiger partial charge in [-0.1, -0.05) is 0 Å². The van der Waals surface area contributed by atoms with Crippen LogP contribution >= 0.6 is 11.8 Å². The fourth-order valence-corrected chi connectivity index (χ4v) is 0.392. The third kappa shape index (κ3) is 1.04. The number of anilines is 1. The molecular formula is C3H3ClN4. The molecule has 1 heterocycles. The molecule has 0 unspecified atom stereocenters. The first kappa shape index (κ1) is 5.24. The second-order valence-electron chi connectivity index (χ2n) is 1.10.